The molecule has 0 fully saturated rings. The number of carbonyl (C=O) groups excluding carboxylic acids is 2. The quantitative estimate of drug-likeness (QED) is 0.825. The molecule has 0 bridgehead atoms. The Morgan fingerprint density at radius 1 is 1.24 bits per heavy atom. The Hall–Kier alpha value is -1.68. The summed E-state index contributed by atoms with van der Waals surface area (Å²) in [5, 5.41) is 2.30. The number of hydrogen-bond acceptors (Lipinski definition) is 3. The van der Waals surface area contributed by atoms with Gasteiger partial charge in [-0.25, -0.2) is 0 Å². The van der Waals surface area contributed by atoms with Gasteiger partial charge in [-0.05, 0) is 24.5 Å². The number of benzene rings is 1. The summed E-state index contributed by atoms with van der Waals surface area (Å²) in [6.07, 6.45) is 0.563. The smallest absolute Gasteiger partial charge is 0.257 e. The van der Waals surface area contributed by atoms with Crippen molar-refractivity contribution in [2.45, 2.75) is 26.3 Å². The van der Waals surface area contributed by atoms with Gasteiger partial charge in [0.15, 0.2) is 0 Å². The van der Waals surface area contributed by atoms with Crippen molar-refractivity contribution < 1.29 is 9.59 Å². The van der Waals surface area contributed by atoms with E-state index < -0.39 is 17.9 Å². The molecule has 0 aliphatic rings. The van der Waals surface area contributed by atoms with Crippen molar-refractivity contribution in [2.75, 3.05) is 0 Å². The highest BCUT2D eigenvalue weighted by molar-refractivity contribution is 6.05. The normalized spacial score (nSPS) is 12.2. The first-order valence-electron chi connectivity index (χ1n) is 5.66. The molecule has 17 heavy (non-hydrogen) atoms. The zero-order valence-electron chi connectivity index (χ0n) is 10.1. The van der Waals surface area contributed by atoms with E-state index in [-0.39, 0.29) is 0 Å². The number of rotatable bonds is 4. The minimum atomic E-state index is -0.636. The summed E-state index contributed by atoms with van der Waals surface area (Å²) in [6.45, 7) is 3.96. The van der Waals surface area contributed by atoms with E-state index in [1.165, 1.54) is 0 Å². The minimum absolute atomic E-state index is 0.322. The van der Waals surface area contributed by atoms with E-state index >= 15 is 0 Å². The van der Waals surface area contributed by atoms with Crippen LogP contribution < -0.4 is 11.1 Å². The van der Waals surface area contributed by atoms with E-state index in [1.54, 1.807) is 24.3 Å². The van der Waals surface area contributed by atoms with Gasteiger partial charge < -0.3 is 5.73 Å². The Morgan fingerprint density at radius 3 is 2.35 bits per heavy atom. The molecule has 3 N–H and O–H groups in total. The van der Waals surface area contributed by atoms with Gasteiger partial charge in [-0.1, -0.05) is 32.0 Å². The largest absolute Gasteiger partial charge is 0.320 e. The van der Waals surface area contributed by atoms with E-state index in [4.69, 9.17) is 5.73 Å². The van der Waals surface area contributed by atoms with Crippen molar-refractivity contribution in [2.24, 2.45) is 11.7 Å². The fourth-order valence-corrected chi connectivity index (χ4v) is 1.48. The lowest BCUT2D eigenvalue weighted by Gasteiger charge is -2.13. The summed E-state index contributed by atoms with van der Waals surface area (Å²) < 4.78 is 0. The maximum absolute atomic E-state index is 11.7. The number of amides is 2. The van der Waals surface area contributed by atoms with E-state index in [0.717, 1.165) is 0 Å². The molecule has 4 heteroatoms. The molecule has 92 valence electrons. The number of carbonyl (C=O) groups is 2. The molecule has 1 aromatic rings. The van der Waals surface area contributed by atoms with Crippen LogP contribution in [0, 0.1) is 5.92 Å². The first-order chi connectivity index (χ1) is 8.00. The molecule has 4 nitrogen and oxygen atoms in total. The third kappa shape index (κ3) is 4.36. The maximum atomic E-state index is 11.7. The topological polar surface area (TPSA) is 72.2 Å². The lowest BCUT2D eigenvalue weighted by atomic mass is 10.0. The molecule has 1 rings (SSSR count). The first kappa shape index (κ1) is 13.4. The molecule has 0 saturated heterocycles. The molecule has 0 aliphatic carbocycles. The zero-order valence-corrected chi connectivity index (χ0v) is 10.1. The van der Waals surface area contributed by atoms with Gasteiger partial charge in [-0.2, -0.15) is 0 Å². The highest BCUT2D eigenvalue weighted by Crippen LogP contribution is 2.03. The van der Waals surface area contributed by atoms with Crippen molar-refractivity contribution >= 4 is 11.8 Å². The predicted molar refractivity (Wildman–Crippen MR) is 66.3 cm³/mol. The van der Waals surface area contributed by atoms with Gasteiger partial charge in [0.05, 0.1) is 6.04 Å². The summed E-state index contributed by atoms with van der Waals surface area (Å²) in [7, 11) is 0. The summed E-state index contributed by atoms with van der Waals surface area (Å²) in [5.41, 5.74) is 6.14. The monoisotopic (exact) mass is 234 g/mol. The van der Waals surface area contributed by atoms with Crippen LogP contribution in [0.3, 0.4) is 0 Å². The van der Waals surface area contributed by atoms with Gasteiger partial charge in [0.25, 0.3) is 5.91 Å². The van der Waals surface area contributed by atoms with E-state index in [0.29, 0.717) is 17.9 Å². The van der Waals surface area contributed by atoms with Crippen molar-refractivity contribution in [3.63, 3.8) is 0 Å². The molecule has 0 heterocycles. The minimum Gasteiger partial charge on any atom is -0.320 e. The van der Waals surface area contributed by atoms with Crippen LogP contribution in [0.4, 0.5) is 0 Å². The molecule has 0 radical (unpaired) electrons. The highest BCUT2D eigenvalue weighted by atomic mass is 16.2. The summed E-state index contributed by atoms with van der Waals surface area (Å²) in [6, 6.07) is 7.96. The molecule has 0 aliphatic heterocycles. The average Bonchev–Trinajstić information content (AvgIpc) is 2.29. The van der Waals surface area contributed by atoms with Gasteiger partial charge in [0.2, 0.25) is 5.91 Å². The predicted octanol–water partition coefficient (Wildman–Crippen LogP) is 1.32. The molecule has 0 spiro atoms. The third-order valence-corrected chi connectivity index (χ3v) is 2.33. The molecule has 2 amide bonds. The lowest BCUT2D eigenvalue weighted by Crippen LogP contribution is -2.44. The van der Waals surface area contributed by atoms with Crippen molar-refractivity contribution in [3.8, 4) is 0 Å². The number of nitrogens with two attached hydrogens (primary N) is 1. The van der Waals surface area contributed by atoms with E-state index in [9.17, 15) is 9.59 Å². The third-order valence-electron chi connectivity index (χ3n) is 2.33. The number of hydrogen-bond donors (Lipinski definition) is 2. The second kappa shape index (κ2) is 6.15. The molecular formula is C13H18N2O2. The molecular weight excluding hydrogens is 216 g/mol. The molecule has 1 aromatic carbocycles. The van der Waals surface area contributed by atoms with Crippen molar-refractivity contribution in [1.29, 1.82) is 0 Å². The van der Waals surface area contributed by atoms with E-state index in [2.05, 4.69) is 5.32 Å². The van der Waals surface area contributed by atoms with Gasteiger partial charge in [0, 0.05) is 5.56 Å². The van der Waals surface area contributed by atoms with Crippen molar-refractivity contribution in [1.82, 2.24) is 5.32 Å². The fraction of sp³-hybridized carbons (Fsp3) is 0.385. The summed E-state index contributed by atoms with van der Waals surface area (Å²) in [5.74, 6) is -0.509. The second-order valence-electron chi connectivity index (χ2n) is 4.42. The maximum Gasteiger partial charge on any atom is 0.257 e. The Kier molecular flexibility index (Phi) is 4.84. The Labute approximate surface area is 101 Å². The van der Waals surface area contributed by atoms with Crippen LogP contribution in [0.25, 0.3) is 0 Å². The van der Waals surface area contributed by atoms with Crippen LogP contribution >= 0.6 is 0 Å². The van der Waals surface area contributed by atoms with Gasteiger partial charge >= 0.3 is 0 Å². The van der Waals surface area contributed by atoms with Gasteiger partial charge in [-0.3, -0.25) is 14.9 Å². The Bertz CT molecular complexity index is 388. The van der Waals surface area contributed by atoms with Crippen LogP contribution in [0.2, 0.25) is 0 Å². The van der Waals surface area contributed by atoms with E-state index in [1.807, 2.05) is 19.9 Å². The molecule has 1 unspecified atom stereocenters. The lowest BCUT2D eigenvalue weighted by molar-refractivity contribution is -0.121. The first-order valence-corrected chi connectivity index (χ1v) is 5.66. The highest BCUT2D eigenvalue weighted by Gasteiger charge is 2.17. The SMILES string of the molecule is CC(C)CC(N)C(=O)NC(=O)c1ccccc1. The summed E-state index contributed by atoms with van der Waals surface area (Å²) >= 11 is 0. The standard InChI is InChI=1S/C13H18N2O2/c1-9(2)8-11(14)13(17)15-12(16)10-6-4-3-5-7-10/h3-7,9,11H,8,14H2,1-2H3,(H,15,16,17). The number of nitrogens with one attached hydrogen (secondary N) is 1. The van der Waals surface area contributed by atoms with Gasteiger partial charge in [-0.15, -0.1) is 0 Å². The van der Waals surface area contributed by atoms with Crippen LogP contribution in [0.1, 0.15) is 30.6 Å². The second-order valence-corrected chi connectivity index (χ2v) is 4.42. The van der Waals surface area contributed by atoms with Crippen LogP contribution in [-0.2, 0) is 4.79 Å². The summed E-state index contributed by atoms with van der Waals surface area (Å²) in [4.78, 5) is 23.3. The van der Waals surface area contributed by atoms with Crippen LogP contribution in [0.15, 0.2) is 30.3 Å². The van der Waals surface area contributed by atoms with Crippen LogP contribution in [-0.4, -0.2) is 17.9 Å². The Balaban J connectivity index is 2.55. The van der Waals surface area contributed by atoms with Gasteiger partial charge in [0.1, 0.15) is 0 Å². The zero-order chi connectivity index (χ0) is 12.8. The molecule has 0 aromatic heterocycles. The van der Waals surface area contributed by atoms with Crippen molar-refractivity contribution in [3.05, 3.63) is 35.9 Å². The Morgan fingerprint density at radius 2 is 1.82 bits per heavy atom. The number of imide groups is 1. The average molecular weight is 234 g/mol. The van der Waals surface area contributed by atoms with Crippen LogP contribution in [0.5, 0.6) is 0 Å². The molecule has 1 atom stereocenters. The fourth-order valence-electron chi connectivity index (χ4n) is 1.48. The molecule has 0 saturated carbocycles.